The van der Waals surface area contributed by atoms with Crippen LogP contribution in [0.25, 0.3) is 0 Å². The molecule has 15 heavy (non-hydrogen) atoms. The smallest absolute Gasteiger partial charge is 0.129 e. The molecule has 1 nitrogen and oxygen atoms in total. The number of benzene rings is 1. The predicted octanol–water partition coefficient (Wildman–Crippen LogP) is 3.69. The number of hydrogen-bond donors (Lipinski definition) is 1. The van der Waals surface area contributed by atoms with E-state index in [1.54, 1.807) is 23.9 Å². The van der Waals surface area contributed by atoms with E-state index < -0.39 is 0 Å². The number of thioether (sulfide) groups is 1. The van der Waals surface area contributed by atoms with Gasteiger partial charge in [-0.15, -0.1) is 0 Å². The Balaban J connectivity index is 2.37. The molecule has 0 atom stereocenters. The normalized spacial score (nSPS) is 10.9. The van der Waals surface area contributed by atoms with Crippen molar-refractivity contribution in [2.24, 2.45) is 5.92 Å². The average Bonchev–Trinajstić information content (AvgIpc) is 2.14. The van der Waals surface area contributed by atoms with Gasteiger partial charge < -0.3 is 5.73 Å². The highest BCUT2D eigenvalue weighted by Gasteiger charge is 2.02. The van der Waals surface area contributed by atoms with E-state index in [4.69, 9.17) is 5.73 Å². The van der Waals surface area contributed by atoms with Gasteiger partial charge in [0.05, 0.1) is 0 Å². The van der Waals surface area contributed by atoms with Gasteiger partial charge in [0.25, 0.3) is 0 Å². The van der Waals surface area contributed by atoms with Gasteiger partial charge in [-0.3, -0.25) is 0 Å². The molecule has 0 radical (unpaired) electrons. The van der Waals surface area contributed by atoms with Crippen molar-refractivity contribution in [2.45, 2.75) is 26.0 Å². The zero-order valence-corrected chi connectivity index (χ0v) is 10.1. The van der Waals surface area contributed by atoms with E-state index in [0.29, 0.717) is 11.6 Å². The van der Waals surface area contributed by atoms with Gasteiger partial charge >= 0.3 is 0 Å². The van der Waals surface area contributed by atoms with Crippen molar-refractivity contribution in [3.05, 3.63) is 29.6 Å². The molecule has 0 saturated heterocycles. The third-order valence-corrected chi connectivity index (χ3v) is 3.21. The number of anilines is 1. The van der Waals surface area contributed by atoms with Crippen LogP contribution in [0.1, 0.15) is 25.8 Å². The first kappa shape index (κ1) is 12.4. The van der Waals surface area contributed by atoms with E-state index in [1.165, 1.54) is 12.5 Å². The maximum absolute atomic E-state index is 13.3. The summed E-state index contributed by atoms with van der Waals surface area (Å²) in [6.07, 6.45) is 1.18. The van der Waals surface area contributed by atoms with Crippen LogP contribution in [0.4, 0.5) is 10.1 Å². The van der Waals surface area contributed by atoms with Gasteiger partial charge in [-0.25, -0.2) is 4.39 Å². The largest absolute Gasteiger partial charge is 0.399 e. The summed E-state index contributed by atoms with van der Waals surface area (Å²) in [5, 5.41) is 0. The van der Waals surface area contributed by atoms with Crippen LogP contribution in [-0.4, -0.2) is 5.75 Å². The molecule has 84 valence electrons. The van der Waals surface area contributed by atoms with Crippen LogP contribution in [0.15, 0.2) is 18.2 Å². The van der Waals surface area contributed by atoms with Gasteiger partial charge in [-0.1, -0.05) is 19.9 Å². The zero-order chi connectivity index (χ0) is 11.3. The Morgan fingerprint density at radius 3 is 2.73 bits per heavy atom. The average molecular weight is 227 g/mol. The third-order valence-electron chi connectivity index (χ3n) is 2.17. The summed E-state index contributed by atoms with van der Waals surface area (Å²) in [4.78, 5) is 0. The Morgan fingerprint density at radius 1 is 1.40 bits per heavy atom. The molecule has 3 heteroatoms. The Bertz CT molecular complexity index is 312. The van der Waals surface area contributed by atoms with Crippen molar-refractivity contribution in [1.29, 1.82) is 0 Å². The summed E-state index contributed by atoms with van der Waals surface area (Å²) in [6, 6.07) is 4.91. The number of halogens is 1. The second-order valence-corrected chi connectivity index (χ2v) is 5.19. The highest BCUT2D eigenvalue weighted by molar-refractivity contribution is 7.98. The quantitative estimate of drug-likeness (QED) is 0.613. The standard InChI is InChI=1S/C12H18FNS/c1-9(2)5-6-15-8-10-3-4-11(14)7-12(10)13/h3-4,7,9H,5-6,8,14H2,1-2H3. The molecule has 0 heterocycles. The van der Waals surface area contributed by atoms with E-state index in [0.717, 1.165) is 17.1 Å². The van der Waals surface area contributed by atoms with Crippen molar-refractivity contribution in [2.75, 3.05) is 11.5 Å². The summed E-state index contributed by atoms with van der Waals surface area (Å²) in [7, 11) is 0. The van der Waals surface area contributed by atoms with E-state index in [2.05, 4.69) is 13.8 Å². The second-order valence-electron chi connectivity index (χ2n) is 4.09. The minimum Gasteiger partial charge on any atom is -0.399 e. The lowest BCUT2D eigenvalue weighted by Crippen LogP contribution is -1.94. The van der Waals surface area contributed by atoms with E-state index in [1.807, 2.05) is 0 Å². The van der Waals surface area contributed by atoms with Crippen LogP contribution < -0.4 is 5.73 Å². The minimum atomic E-state index is -0.188. The maximum atomic E-state index is 13.3. The van der Waals surface area contributed by atoms with Gasteiger partial charge in [0.1, 0.15) is 5.82 Å². The molecule has 0 aliphatic carbocycles. The summed E-state index contributed by atoms with van der Waals surface area (Å²) >= 11 is 1.77. The van der Waals surface area contributed by atoms with Crippen molar-refractivity contribution in [1.82, 2.24) is 0 Å². The van der Waals surface area contributed by atoms with Gasteiger partial charge in [0, 0.05) is 11.4 Å². The maximum Gasteiger partial charge on any atom is 0.129 e. The summed E-state index contributed by atoms with van der Waals surface area (Å²) < 4.78 is 13.3. The summed E-state index contributed by atoms with van der Waals surface area (Å²) in [6.45, 7) is 4.40. The van der Waals surface area contributed by atoms with Crippen LogP contribution in [0.2, 0.25) is 0 Å². The van der Waals surface area contributed by atoms with Crippen LogP contribution in [0, 0.1) is 11.7 Å². The van der Waals surface area contributed by atoms with Crippen LogP contribution in [0.3, 0.4) is 0 Å². The first-order valence-corrected chi connectivity index (χ1v) is 6.36. The van der Waals surface area contributed by atoms with Crippen molar-refractivity contribution < 1.29 is 4.39 Å². The van der Waals surface area contributed by atoms with Crippen LogP contribution in [0.5, 0.6) is 0 Å². The number of rotatable bonds is 5. The van der Waals surface area contributed by atoms with E-state index in [-0.39, 0.29) is 5.82 Å². The Labute approximate surface area is 95.2 Å². The molecule has 0 aromatic heterocycles. The van der Waals surface area contributed by atoms with Crippen LogP contribution >= 0.6 is 11.8 Å². The SMILES string of the molecule is CC(C)CCSCc1ccc(N)cc1F. The van der Waals surface area contributed by atoms with Gasteiger partial charge in [0.15, 0.2) is 0 Å². The van der Waals surface area contributed by atoms with Crippen molar-refractivity contribution in [3.63, 3.8) is 0 Å². The molecule has 0 spiro atoms. The molecular weight excluding hydrogens is 209 g/mol. The number of nitrogens with two attached hydrogens (primary N) is 1. The fraction of sp³-hybridized carbons (Fsp3) is 0.500. The second kappa shape index (κ2) is 6.01. The molecular formula is C12H18FNS. The molecule has 0 unspecified atom stereocenters. The molecule has 0 aliphatic rings. The lowest BCUT2D eigenvalue weighted by Gasteiger charge is -2.06. The molecule has 0 saturated carbocycles. The lowest BCUT2D eigenvalue weighted by atomic mass is 10.2. The molecule has 2 N–H and O–H groups in total. The fourth-order valence-electron chi connectivity index (χ4n) is 1.18. The topological polar surface area (TPSA) is 26.0 Å². The molecule has 1 aromatic rings. The number of hydrogen-bond acceptors (Lipinski definition) is 2. The van der Waals surface area contributed by atoms with Gasteiger partial charge in [0.2, 0.25) is 0 Å². The van der Waals surface area contributed by atoms with Gasteiger partial charge in [-0.2, -0.15) is 11.8 Å². The fourth-order valence-corrected chi connectivity index (χ4v) is 2.42. The Morgan fingerprint density at radius 2 is 2.13 bits per heavy atom. The van der Waals surface area contributed by atoms with Gasteiger partial charge in [-0.05, 0) is 35.8 Å². The van der Waals surface area contributed by atoms with Crippen molar-refractivity contribution in [3.8, 4) is 0 Å². The van der Waals surface area contributed by atoms with E-state index in [9.17, 15) is 4.39 Å². The molecule has 0 amide bonds. The summed E-state index contributed by atoms with van der Waals surface area (Å²) in [5.41, 5.74) is 6.71. The van der Waals surface area contributed by atoms with Crippen molar-refractivity contribution >= 4 is 17.4 Å². The lowest BCUT2D eigenvalue weighted by molar-refractivity contribution is 0.617. The predicted molar refractivity (Wildman–Crippen MR) is 66.4 cm³/mol. The molecule has 0 bridgehead atoms. The Hall–Kier alpha value is -0.700. The molecule has 0 aliphatic heterocycles. The molecule has 1 rings (SSSR count). The van der Waals surface area contributed by atoms with E-state index >= 15 is 0 Å². The highest BCUT2D eigenvalue weighted by Crippen LogP contribution is 2.19. The third kappa shape index (κ3) is 4.56. The van der Waals surface area contributed by atoms with Crippen LogP contribution in [-0.2, 0) is 5.75 Å². The molecule has 0 fully saturated rings. The zero-order valence-electron chi connectivity index (χ0n) is 9.29. The summed E-state index contributed by atoms with van der Waals surface area (Å²) in [5.74, 6) is 2.35. The minimum absolute atomic E-state index is 0.188. The first-order chi connectivity index (χ1) is 7.09. The first-order valence-electron chi connectivity index (χ1n) is 5.21. The Kier molecular flexibility index (Phi) is 4.95. The molecule has 1 aromatic carbocycles. The number of nitrogen functional groups attached to an aromatic ring is 1. The highest BCUT2D eigenvalue weighted by atomic mass is 32.2. The monoisotopic (exact) mass is 227 g/mol.